The van der Waals surface area contributed by atoms with Crippen molar-refractivity contribution < 1.29 is 19.1 Å². The molecule has 0 aromatic heterocycles. The van der Waals surface area contributed by atoms with Gasteiger partial charge in [-0.05, 0) is 31.9 Å². The highest BCUT2D eigenvalue weighted by Gasteiger charge is 2.23. The Kier molecular flexibility index (Phi) is 5.62. The molecule has 1 aliphatic carbocycles. The van der Waals surface area contributed by atoms with E-state index in [4.69, 9.17) is 9.47 Å². The zero-order valence-corrected chi connectivity index (χ0v) is 13.6. The second-order valence-corrected chi connectivity index (χ2v) is 5.33. The minimum Gasteiger partial charge on any atom is -0.493 e. The monoisotopic (exact) mass is 318 g/mol. The minimum atomic E-state index is -0.331. The van der Waals surface area contributed by atoms with Gasteiger partial charge >= 0.3 is 0 Å². The molecule has 6 nitrogen and oxygen atoms in total. The third kappa shape index (κ3) is 4.48. The van der Waals surface area contributed by atoms with Gasteiger partial charge in [-0.2, -0.15) is 0 Å². The van der Waals surface area contributed by atoms with Crippen LogP contribution in [0.4, 0.5) is 0 Å². The van der Waals surface area contributed by atoms with E-state index in [-0.39, 0.29) is 24.4 Å². The lowest BCUT2D eigenvalue weighted by Gasteiger charge is -2.13. The molecule has 0 heterocycles. The Labute approximate surface area is 135 Å². The number of rotatable bonds is 7. The summed E-state index contributed by atoms with van der Waals surface area (Å²) in [5.41, 5.74) is 1.15. The van der Waals surface area contributed by atoms with Crippen molar-refractivity contribution in [1.82, 2.24) is 10.6 Å². The van der Waals surface area contributed by atoms with Crippen molar-refractivity contribution >= 4 is 17.9 Å². The molecule has 0 saturated heterocycles. The van der Waals surface area contributed by atoms with E-state index in [0.717, 1.165) is 18.4 Å². The highest BCUT2D eigenvalue weighted by atomic mass is 16.5. The molecule has 23 heavy (non-hydrogen) atoms. The predicted molar refractivity (Wildman–Crippen MR) is 87.8 cm³/mol. The molecule has 0 unspecified atom stereocenters. The summed E-state index contributed by atoms with van der Waals surface area (Å²) in [5.74, 6) is 0.530. The highest BCUT2D eigenvalue weighted by Crippen LogP contribution is 2.33. The van der Waals surface area contributed by atoms with Crippen LogP contribution in [0.2, 0.25) is 0 Å². The van der Waals surface area contributed by atoms with Crippen LogP contribution in [0.25, 0.3) is 6.08 Å². The number of carbonyl (C=O) groups excluding carboxylic acids is 2. The van der Waals surface area contributed by atoms with Crippen molar-refractivity contribution in [3.8, 4) is 11.5 Å². The Morgan fingerprint density at radius 2 is 2.00 bits per heavy atom. The molecule has 0 aliphatic heterocycles. The van der Waals surface area contributed by atoms with E-state index in [0.29, 0.717) is 17.1 Å². The minimum absolute atomic E-state index is 0.0391. The van der Waals surface area contributed by atoms with Crippen LogP contribution in [0.5, 0.6) is 11.5 Å². The third-order valence-electron chi connectivity index (χ3n) is 3.47. The summed E-state index contributed by atoms with van der Waals surface area (Å²) in [6.07, 6.45) is 5.71. The van der Waals surface area contributed by atoms with E-state index >= 15 is 0 Å². The largest absolute Gasteiger partial charge is 0.493 e. The molecule has 0 radical (unpaired) electrons. The second kappa shape index (κ2) is 7.67. The number of nitrogens with one attached hydrogen (secondary N) is 2. The molecule has 0 atom stereocenters. The number of hydrogen-bond donors (Lipinski definition) is 2. The lowest BCUT2D eigenvalue weighted by molar-refractivity contribution is -0.120. The van der Waals surface area contributed by atoms with E-state index in [1.807, 2.05) is 19.1 Å². The molecular formula is C17H22N2O4. The van der Waals surface area contributed by atoms with Gasteiger partial charge in [0, 0.05) is 17.2 Å². The number of allylic oxidation sites excluding steroid dienone is 1. The number of ether oxygens (including phenoxy) is 2. The van der Waals surface area contributed by atoms with Crippen molar-refractivity contribution in [3.63, 3.8) is 0 Å². The van der Waals surface area contributed by atoms with E-state index in [9.17, 15) is 9.59 Å². The van der Waals surface area contributed by atoms with E-state index < -0.39 is 0 Å². The SMILES string of the molecule is C/C=C/c1cc(C(=O)NCC(=O)NC2CC2)cc(OC)c1OC. The smallest absolute Gasteiger partial charge is 0.251 e. The van der Waals surface area contributed by atoms with Gasteiger partial charge in [-0.15, -0.1) is 0 Å². The first-order valence-electron chi connectivity index (χ1n) is 7.55. The first kappa shape index (κ1) is 16.9. The highest BCUT2D eigenvalue weighted by molar-refractivity contribution is 5.97. The van der Waals surface area contributed by atoms with Crippen molar-refractivity contribution in [2.24, 2.45) is 0 Å². The van der Waals surface area contributed by atoms with Crippen LogP contribution in [0.3, 0.4) is 0 Å². The maximum absolute atomic E-state index is 12.3. The van der Waals surface area contributed by atoms with Crippen LogP contribution in [0.1, 0.15) is 35.7 Å². The lowest BCUT2D eigenvalue weighted by Crippen LogP contribution is -2.37. The van der Waals surface area contributed by atoms with Crippen molar-refractivity contribution in [2.75, 3.05) is 20.8 Å². The van der Waals surface area contributed by atoms with E-state index in [1.165, 1.54) is 7.11 Å². The van der Waals surface area contributed by atoms with E-state index in [1.54, 1.807) is 19.2 Å². The van der Waals surface area contributed by atoms with Gasteiger partial charge in [0.25, 0.3) is 5.91 Å². The maximum atomic E-state index is 12.3. The topological polar surface area (TPSA) is 76.7 Å². The summed E-state index contributed by atoms with van der Waals surface area (Å²) in [7, 11) is 3.06. The van der Waals surface area contributed by atoms with Crippen LogP contribution >= 0.6 is 0 Å². The van der Waals surface area contributed by atoms with Gasteiger partial charge in [-0.25, -0.2) is 0 Å². The fourth-order valence-corrected chi connectivity index (χ4v) is 2.20. The fourth-order valence-electron chi connectivity index (χ4n) is 2.20. The van der Waals surface area contributed by atoms with Crippen LogP contribution in [0.15, 0.2) is 18.2 Å². The Balaban J connectivity index is 2.11. The van der Waals surface area contributed by atoms with Gasteiger partial charge < -0.3 is 20.1 Å². The molecule has 1 aromatic rings. The summed E-state index contributed by atoms with van der Waals surface area (Å²) >= 11 is 0. The van der Waals surface area contributed by atoms with Gasteiger partial charge in [-0.3, -0.25) is 9.59 Å². The number of methoxy groups -OCH3 is 2. The Morgan fingerprint density at radius 1 is 1.26 bits per heavy atom. The third-order valence-corrected chi connectivity index (χ3v) is 3.47. The zero-order chi connectivity index (χ0) is 16.8. The summed E-state index contributed by atoms with van der Waals surface area (Å²) in [6, 6.07) is 3.58. The molecular weight excluding hydrogens is 296 g/mol. The molecule has 1 saturated carbocycles. The first-order valence-corrected chi connectivity index (χ1v) is 7.55. The maximum Gasteiger partial charge on any atom is 0.251 e. The summed E-state index contributed by atoms with van der Waals surface area (Å²) in [4.78, 5) is 23.9. The van der Waals surface area contributed by atoms with Gasteiger partial charge in [0.15, 0.2) is 11.5 Å². The van der Waals surface area contributed by atoms with Crippen LogP contribution in [-0.2, 0) is 4.79 Å². The first-order chi connectivity index (χ1) is 11.1. The molecule has 2 N–H and O–H groups in total. The molecule has 0 spiro atoms. The van der Waals surface area contributed by atoms with Gasteiger partial charge in [0.1, 0.15) is 0 Å². The molecule has 1 fully saturated rings. The number of hydrogen-bond acceptors (Lipinski definition) is 4. The van der Waals surface area contributed by atoms with Gasteiger partial charge in [0.2, 0.25) is 5.91 Å². The summed E-state index contributed by atoms with van der Waals surface area (Å²) in [5, 5.41) is 5.44. The molecule has 1 aromatic carbocycles. The standard InChI is InChI=1S/C17H22N2O4/c1-4-5-11-8-12(9-14(22-2)16(11)23-3)17(21)18-10-15(20)19-13-6-7-13/h4-5,8-9,13H,6-7,10H2,1-3H3,(H,18,21)(H,19,20)/b5-4+. The average molecular weight is 318 g/mol. The summed E-state index contributed by atoms with van der Waals surface area (Å²) in [6.45, 7) is 1.84. The number of benzene rings is 1. The average Bonchev–Trinajstić information content (AvgIpc) is 3.35. The molecule has 0 bridgehead atoms. The van der Waals surface area contributed by atoms with Crippen LogP contribution < -0.4 is 20.1 Å². The quantitative estimate of drug-likeness (QED) is 0.803. The Hall–Kier alpha value is -2.50. The van der Waals surface area contributed by atoms with Crippen molar-refractivity contribution in [3.05, 3.63) is 29.3 Å². The molecule has 2 rings (SSSR count). The molecule has 2 amide bonds. The van der Waals surface area contributed by atoms with Crippen molar-refractivity contribution in [1.29, 1.82) is 0 Å². The summed E-state index contributed by atoms with van der Waals surface area (Å²) < 4.78 is 10.6. The van der Waals surface area contributed by atoms with Gasteiger partial charge in [0.05, 0.1) is 20.8 Å². The fraction of sp³-hybridized carbons (Fsp3) is 0.412. The van der Waals surface area contributed by atoms with E-state index in [2.05, 4.69) is 10.6 Å². The van der Waals surface area contributed by atoms with Crippen LogP contribution in [0, 0.1) is 0 Å². The molecule has 124 valence electrons. The number of amides is 2. The zero-order valence-electron chi connectivity index (χ0n) is 13.6. The molecule has 6 heteroatoms. The van der Waals surface area contributed by atoms with Gasteiger partial charge in [-0.1, -0.05) is 12.2 Å². The Bertz CT molecular complexity index is 621. The second-order valence-electron chi connectivity index (χ2n) is 5.33. The normalized spacial score (nSPS) is 13.7. The lowest BCUT2D eigenvalue weighted by atomic mass is 10.1. The van der Waals surface area contributed by atoms with Crippen molar-refractivity contribution in [2.45, 2.75) is 25.8 Å². The number of carbonyl (C=O) groups is 2. The Morgan fingerprint density at radius 3 is 2.57 bits per heavy atom. The molecule has 1 aliphatic rings. The predicted octanol–water partition coefficient (Wildman–Crippen LogP) is 1.75. The van der Waals surface area contributed by atoms with Crippen LogP contribution in [-0.4, -0.2) is 38.6 Å².